The maximum Gasteiger partial charge on any atom is 0.269 e. The molecule has 0 atom stereocenters. The van der Waals surface area contributed by atoms with Crippen LogP contribution in [0.5, 0.6) is 5.75 Å². The second kappa shape index (κ2) is 5.96. The van der Waals surface area contributed by atoms with Gasteiger partial charge in [-0.05, 0) is 43.3 Å². The van der Waals surface area contributed by atoms with Crippen molar-refractivity contribution in [2.45, 2.75) is 6.92 Å². The minimum Gasteiger partial charge on any atom is -0.504 e. The quantitative estimate of drug-likeness (QED) is 0.451. The van der Waals surface area contributed by atoms with Gasteiger partial charge in [0.25, 0.3) is 5.69 Å². The number of aromatic nitrogens is 2. The molecule has 120 valence electrons. The van der Waals surface area contributed by atoms with Gasteiger partial charge >= 0.3 is 0 Å². The SMILES string of the molecule is CC(=O)c1ccc(-n2cc(O)c(-c3ccc([N+](=O)[O-])cc3)n2)cc1. The molecule has 1 heterocycles. The molecule has 0 bridgehead atoms. The average molecular weight is 323 g/mol. The number of nitro benzene ring substituents is 1. The van der Waals surface area contributed by atoms with Crippen LogP contribution < -0.4 is 0 Å². The van der Waals surface area contributed by atoms with Crippen LogP contribution in [0, 0.1) is 10.1 Å². The van der Waals surface area contributed by atoms with Gasteiger partial charge in [0.15, 0.2) is 11.5 Å². The molecule has 0 aliphatic rings. The highest BCUT2D eigenvalue weighted by atomic mass is 16.6. The summed E-state index contributed by atoms with van der Waals surface area (Å²) in [5, 5.41) is 25.1. The molecule has 2 aromatic carbocycles. The van der Waals surface area contributed by atoms with Gasteiger partial charge in [-0.3, -0.25) is 14.9 Å². The molecule has 0 fully saturated rings. The van der Waals surface area contributed by atoms with Crippen molar-refractivity contribution in [1.29, 1.82) is 0 Å². The highest BCUT2D eigenvalue weighted by Gasteiger charge is 2.13. The number of Topliss-reactive ketones (excluding diaryl/α,β-unsaturated/α-hetero) is 1. The number of hydrogen-bond acceptors (Lipinski definition) is 5. The number of nitrogens with zero attached hydrogens (tertiary/aromatic N) is 3. The van der Waals surface area contributed by atoms with Crippen LogP contribution in [-0.4, -0.2) is 25.6 Å². The zero-order valence-electron chi connectivity index (χ0n) is 12.7. The number of carbonyl (C=O) groups is 1. The fourth-order valence-corrected chi connectivity index (χ4v) is 2.29. The number of carbonyl (C=O) groups excluding carboxylic acids is 1. The Morgan fingerprint density at radius 1 is 1.12 bits per heavy atom. The van der Waals surface area contributed by atoms with E-state index < -0.39 is 4.92 Å². The summed E-state index contributed by atoms with van der Waals surface area (Å²) in [5.41, 5.74) is 2.13. The summed E-state index contributed by atoms with van der Waals surface area (Å²) in [6.07, 6.45) is 1.44. The van der Waals surface area contributed by atoms with Gasteiger partial charge in [-0.15, -0.1) is 0 Å². The molecule has 0 radical (unpaired) electrons. The molecular weight excluding hydrogens is 310 g/mol. The molecule has 3 rings (SSSR count). The first-order valence-corrected chi connectivity index (χ1v) is 7.10. The highest BCUT2D eigenvalue weighted by molar-refractivity contribution is 5.94. The molecule has 0 saturated heterocycles. The summed E-state index contributed by atoms with van der Waals surface area (Å²) in [4.78, 5) is 21.5. The van der Waals surface area contributed by atoms with Crippen LogP contribution in [0.2, 0.25) is 0 Å². The first-order valence-electron chi connectivity index (χ1n) is 7.10. The van der Waals surface area contributed by atoms with E-state index in [2.05, 4.69) is 5.10 Å². The van der Waals surface area contributed by atoms with Crippen molar-refractivity contribution in [2.24, 2.45) is 0 Å². The third kappa shape index (κ3) is 2.87. The zero-order chi connectivity index (χ0) is 17.3. The van der Waals surface area contributed by atoms with Crippen LogP contribution in [0.15, 0.2) is 54.7 Å². The lowest BCUT2D eigenvalue weighted by atomic mass is 10.1. The Labute approximate surface area is 136 Å². The second-order valence-electron chi connectivity index (χ2n) is 5.21. The third-order valence-electron chi connectivity index (χ3n) is 3.58. The van der Waals surface area contributed by atoms with E-state index in [-0.39, 0.29) is 17.2 Å². The summed E-state index contributed by atoms with van der Waals surface area (Å²) in [5.74, 6) is -0.0732. The monoisotopic (exact) mass is 323 g/mol. The van der Waals surface area contributed by atoms with Crippen molar-refractivity contribution < 1.29 is 14.8 Å². The summed E-state index contributed by atoms with van der Waals surface area (Å²) in [6.45, 7) is 1.49. The smallest absolute Gasteiger partial charge is 0.269 e. The number of benzene rings is 2. The Kier molecular flexibility index (Phi) is 3.83. The van der Waals surface area contributed by atoms with Crippen molar-refractivity contribution in [3.8, 4) is 22.7 Å². The standard InChI is InChI=1S/C17H13N3O4/c1-11(21)12-2-6-14(7-3-12)19-10-16(22)17(18-19)13-4-8-15(9-5-13)20(23)24/h2-10,22H,1H3. The van der Waals surface area contributed by atoms with Gasteiger partial charge < -0.3 is 5.11 Å². The summed E-state index contributed by atoms with van der Waals surface area (Å²) in [7, 11) is 0. The van der Waals surface area contributed by atoms with Gasteiger partial charge in [0.1, 0.15) is 5.69 Å². The van der Waals surface area contributed by atoms with Gasteiger partial charge in [0, 0.05) is 23.3 Å². The van der Waals surface area contributed by atoms with Gasteiger partial charge in [-0.2, -0.15) is 5.10 Å². The predicted octanol–water partition coefficient (Wildman–Crippen LogP) is 3.36. The summed E-state index contributed by atoms with van der Waals surface area (Å²) >= 11 is 0. The Morgan fingerprint density at radius 3 is 2.29 bits per heavy atom. The van der Waals surface area contributed by atoms with Crippen LogP contribution in [0.4, 0.5) is 5.69 Å². The first kappa shape index (κ1) is 15.4. The van der Waals surface area contributed by atoms with Gasteiger partial charge in [-0.1, -0.05) is 0 Å². The van der Waals surface area contributed by atoms with Crippen molar-refractivity contribution in [3.63, 3.8) is 0 Å². The fourth-order valence-electron chi connectivity index (χ4n) is 2.29. The summed E-state index contributed by atoms with van der Waals surface area (Å²) < 4.78 is 1.48. The molecule has 3 aromatic rings. The largest absolute Gasteiger partial charge is 0.504 e. The molecule has 0 unspecified atom stereocenters. The Balaban J connectivity index is 1.95. The molecule has 0 aliphatic carbocycles. The fraction of sp³-hybridized carbons (Fsp3) is 0.0588. The van der Waals surface area contributed by atoms with Crippen LogP contribution in [-0.2, 0) is 0 Å². The molecule has 0 amide bonds. The number of rotatable bonds is 4. The normalized spacial score (nSPS) is 10.5. The van der Waals surface area contributed by atoms with Crippen molar-refractivity contribution in [1.82, 2.24) is 9.78 Å². The number of ketones is 1. The molecule has 24 heavy (non-hydrogen) atoms. The number of hydrogen-bond donors (Lipinski definition) is 1. The summed E-state index contributed by atoms with van der Waals surface area (Å²) in [6, 6.07) is 12.6. The van der Waals surface area contributed by atoms with Gasteiger partial charge in [-0.25, -0.2) is 4.68 Å². The van der Waals surface area contributed by atoms with E-state index in [9.17, 15) is 20.0 Å². The second-order valence-corrected chi connectivity index (χ2v) is 5.21. The number of aromatic hydroxyl groups is 1. The molecule has 7 nitrogen and oxygen atoms in total. The van der Waals surface area contributed by atoms with Crippen LogP contribution in [0.3, 0.4) is 0 Å². The van der Waals surface area contributed by atoms with E-state index in [1.165, 1.54) is 42.1 Å². The Bertz CT molecular complexity index is 912. The average Bonchev–Trinajstić information content (AvgIpc) is 2.97. The van der Waals surface area contributed by atoms with Gasteiger partial charge in [0.05, 0.1) is 16.8 Å². The van der Waals surface area contributed by atoms with Crippen LogP contribution >= 0.6 is 0 Å². The van der Waals surface area contributed by atoms with E-state index in [1.807, 2.05) is 0 Å². The minimum atomic E-state index is -0.487. The van der Waals surface area contributed by atoms with E-state index in [0.29, 0.717) is 22.5 Å². The van der Waals surface area contributed by atoms with E-state index in [1.54, 1.807) is 24.3 Å². The zero-order valence-corrected chi connectivity index (χ0v) is 12.7. The molecule has 1 N–H and O–H groups in total. The van der Waals surface area contributed by atoms with Crippen molar-refractivity contribution >= 4 is 11.5 Å². The van der Waals surface area contributed by atoms with Crippen molar-refractivity contribution in [2.75, 3.05) is 0 Å². The van der Waals surface area contributed by atoms with Crippen molar-refractivity contribution in [3.05, 3.63) is 70.4 Å². The predicted molar refractivity (Wildman–Crippen MR) is 87.3 cm³/mol. The third-order valence-corrected chi connectivity index (χ3v) is 3.58. The molecular formula is C17H13N3O4. The maximum absolute atomic E-state index is 11.3. The van der Waals surface area contributed by atoms with E-state index >= 15 is 0 Å². The van der Waals surface area contributed by atoms with Crippen LogP contribution in [0.25, 0.3) is 16.9 Å². The topological polar surface area (TPSA) is 98.3 Å². The lowest BCUT2D eigenvalue weighted by molar-refractivity contribution is -0.384. The Morgan fingerprint density at radius 2 is 1.75 bits per heavy atom. The molecule has 0 saturated carbocycles. The lowest BCUT2D eigenvalue weighted by Crippen LogP contribution is -1.97. The number of nitro groups is 1. The first-order chi connectivity index (χ1) is 11.5. The molecule has 7 heteroatoms. The minimum absolute atomic E-state index is 0.0301. The molecule has 0 aliphatic heterocycles. The van der Waals surface area contributed by atoms with E-state index in [4.69, 9.17) is 0 Å². The molecule has 0 spiro atoms. The Hall–Kier alpha value is -3.48. The van der Waals surface area contributed by atoms with Crippen LogP contribution in [0.1, 0.15) is 17.3 Å². The van der Waals surface area contributed by atoms with E-state index in [0.717, 1.165) is 0 Å². The highest BCUT2D eigenvalue weighted by Crippen LogP contribution is 2.29. The van der Waals surface area contributed by atoms with Gasteiger partial charge in [0.2, 0.25) is 0 Å². The lowest BCUT2D eigenvalue weighted by Gasteiger charge is -2.02. The maximum atomic E-state index is 11.3. The molecule has 1 aromatic heterocycles. The number of non-ortho nitro benzene ring substituents is 1.